The summed E-state index contributed by atoms with van der Waals surface area (Å²) >= 11 is 0. The van der Waals surface area contributed by atoms with E-state index in [0.717, 1.165) is 5.76 Å². The zero-order valence-corrected chi connectivity index (χ0v) is 10.5. The first kappa shape index (κ1) is 14.6. The molecule has 90 valence electrons. The van der Waals surface area contributed by atoms with Crippen molar-refractivity contribution in [3.05, 3.63) is 49.0 Å². The van der Waals surface area contributed by atoms with Crippen molar-refractivity contribution in [1.82, 2.24) is 0 Å². The van der Waals surface area contributed by atoms with Gasteiger partial charge < -0.3 is 9.47 Å². The Balaban J connectivity index is 0.00000106. The second-order valence-electron chi connectivity index (χ2n) is 3.25. The van der Waals surface area contributed by atoms with Crippen LogP contribution in [0.15, 0.2) is 49.0 Å². The summed E-state index contributed by atoms with van der Waals surface area (Å²) in [7, 11) is 0. The van der Waals surface area contributed by atoms with Gasteiger partial charge in [-0.25, -0.2) is 0 Å². The highest BCUT2D eigenvalue weighted by Gasteiger charge is 2.13. The average molecular weight is 222 g/mol. The Kier molecular flexibility index (Phi) is 8.04. The Morgan fingerprint density at radius 2 is 1.69 bits per heavy atom. The highest BCUT2D eigenvalue weighted by molar-refractivity contribution is 5.25. The van der Waals surface area contributed by atoms with Crippen molar-refractivity contribution in [3.63, 3.8) is 0 Å². The molecule has 0 aromatic heterocycles. The first-order valence-electron chi connectivity index (χ1n) is 5.69. The van der Waals surface area contributed by atoms with E-state index in [1.54, 1.807) is 12.2 Å². The summed E-state index contributed by atoms with van der Waals surface area (Å²) in [5.74, 6) is 1.83. The van der Waals surface area contributed by atoms with Crippen molar-refractivity contribution in [3.8, 4) is 0 Å². The van der Waals surface area contributed by atoms with E-state index in [1.165, 1.54) is 0 Å². The molecule has 1 atom stereocenters. The van der Waals surface area contributed by atoms with Gasteiger partial charge in [0.05, 0.1) is 13.2 Å². The summed E-state index contributed by atoms with van der Waals surface area (Å²) in [6.07, 6.45) is 7.02. The number of hydrogen-bond donors (Lipinski definition) is 0. The Bertz CT molecular complexity index is 274. The normalized spacial score (nSPS) is 20.1. The molecule has 2 nitrogen and oxygen atoms in total. The van der Waals surface area contributed by atoms with Gasteiger partial charge in [0.25, 0.3) is 0 Å². The van der Waals surface area contributed by atoms with Crippen LogP contribution in [-0.2, 0) is 9.47 Å². The smallest absolute Gasteiger partial charge is 0.161 e. The van der Waals surface area contributed by atoms with E-state index in [9.17, 15) is 0 Å². The maximum Gasteiger partial charge on any atom is 0.161 e. The molecule has 0 saturated heterocycles. The molecule has 0 fully saturated rings. The Hall–Kier alpha value is -1.44. The molecule has 0 amide bonds. The van der Waals surface area contributed by atoms with Gasteiger partial charge in [-0.1, -0.05) is 46.1 Å². The van der Waals surface area contributed by atoms with E-state index >= 15 is 0 Å². The zero-order valence-electron chi connectivity index (χ0n) is 10.5. The third-order valence-corrected chi connectivity index (χ3v) is 1.86. The summed E-state index contributed by atoms with van der Waals surface area (Å²) < 4.78 is 11.1. The maximum absolute atomic E-state index is 5.57. The molecule has 0 aromatic rings. The van der Waals surface area contributed by atoms with E-state index in [1.807, 2.05) is 26.0 Å². The monoisotopic (exact) mass is 222 g/mol. The second kappa shape index (κ2) is 8.84. The van der Waals surface area contributed by atoms with Crippen LogP contribution in [0, 0.1) is 5.92 Å². The molecule has 0 radical (unpaired) electrons. The van der Waals surface area contributed by atoms with Crippen LogP contribution in [0.25, 0.3) is 0 Å². The molecule has 0 aliphatic carbocycles. The van der Waals surface area contributed by atoms with Crippen LogP contribution in [0.3, 0.4) is 0 Å². The number of allylic oxidation sites excluding steroid dienone is 4. The van der Waals surface area contributed by atoms with Crippen LogP contribution in [0.5, 0.6) is 0 Å². The quantitative estimate of drug-likeness (QED) is 0.675. The second-order valence-corrected chi connectivity index (χ2v) is 3.25. The number of hydrogen-bond acceptors (Lipinski definition) is 2. The van der Waals surface area contributed by atoms with Crippen LogP contribution in [0.1, 0.15) is 20.8 Å². The Morgan fingerprint density at radius 3 is 2.19 bits per heavy atom. The lowest BCUT2D eigenvalue weighted by Crippen LogP contribution is -2.07. The van der Waals surface area contributed by atoms with Gasteiger partial charge in [0, 0.05) is 5.92 Å². The van der Waals surface area contributed by atoms with Gasteiger partial charge in [-0.2, -0.15) is 0 Å². The highest BCUT2D eigenvalue weighted by Crippen LogP contribution is 2.18. The highest BCUT2D eigenvalue weighted by atomic mass is 16.5. The molecule has 0 N–H and O–H groups in total. The van der Waals surface area contributed by atoms with Crippen molar-refractivity contribution in [2.24, 2.45) is 5.92 Å². The lowest BCUT2D eigenvalue weighted by Gasteiger charge is -2.05. The topological polar surface area (TPSA) is 18.5 Å². The molecule has 1 aliphatic rings. The number of ether oxygens (including phenoxy) is 2. The maximum atomic E-state index is 5.57. The molecule has 0 aromatic carbocycles. The van der Waals surface area contributed by atoms with Crippen LogP contribution in [-0.4, -0.2) is 13.2 Å². The predicted molar refractivity (Wildman–Crippen MR) is 69.0 cm³/mol. The molecule has 0 bridgehead atoms. The Labute approximate surface area is 99.0 Å². The largest absolute Gasteiger partial charge is 0.489 e. The van der Waals surface area contributed by atoms with Gasteiger partial charge >= 0.3 is 0 Å². The molecular weight excluding hydrogens is 200 g/mol. The average Bonchev–Trinajstić information content (AvgIpc) is 2.51. The summed E-state index contributed by atoms with van der Waals surface area (Å²) in [6, 6.07) is 0. The molecule has 1 unspecified atom stereocenters. The SMILES string of the molecule is C=C/C=C\C1=C(C=C)OCC(C)CO1.CC. The van der Waals surface area contributed by atoms with Crippen LogP contribution in [0.2, 0.25) is 0 Å². The third-order valence-electron chi connectivity index (χ3n) is 1.86. The van der Waals surface area contributed by atoms with Crippen molar-refractivity contribution in [2.45, 2.75) is 20.8 Å². The van der Waals surface area contributed by atoms with E-state index in [0.29, 0.717) is 24.9 Å². The third kappa shape index (κ3) is 4.87. The predicted octanol–water partition coefficient (Wildman–Crippen LogP) is 3.84. The molecule has 1 aliphatic heterocycles. The fourth-order valence-electron chi connectivity index (χ4n) is 1.10. The van der Waals surface area contributed by atoms with E-state index < -0.39 is 0 Å². The molecule has 0 spiro atoms. The van der Waals surface area contributed by atoms with Gasteiger partial charge in [0.15, 0.2) is 11.5 Å². The summed E-state index contributed by atoms with van der Waals surface area (Å²) in [4.78, 5) is 0. The zero-order chi connectivity index (χ0) is 12.4. The minimum atomic E-state index is 0.402. The fraction of sp³-hybridized carbons (Fsp3) is 0.429. The van der Waals surface area contributed by atoms with Crippen molar-refractivity contribution >= 4 is 0 Å². The molecule has 1 rings (SSSR count). The minimum Gasteiger partial charge on any atom is -0.489 e. The minimum absolute atomic E-state index is 0.402. The standard InChI is InChI=1S/C12H16O2.C2H6/c1-4-6-7-12-11(5-2)13-8-10(3)9-14-12;1-2/h4-7,10H,1-2,8-9H2,3H3;1-2H3/b7-6-;. The van der Waals surface area contributed by atoms with Gasteiger partial charge in [0.1, 0.15) is 0 Å². The molecule has 0 saturated carbocycles. The van der Waals surface area contributed by atoms with E-state index in [4.69, 9.17) is 9.47 Å². The van der Waals surface area contributed by atoms with Crippen LogP contribution < -0.4 is 0 Å². The lowest BCUT2D eigenvalue weighted by molar-refractivity contribution is 0.158. The van der Waals surface area contributed by atoms with Crippen molar-refractivity contribution < 1.29 is 9.47 Å². The van der Waals surface area contributed by atoms with E-state index in [-0.39, 0.29) is 0 Å². The van der Waals surface area contributed by atoms with E-state index in [2.05, 4.69) is 20.1 Å². The molecule has 2 heteroatoms. The first-order valence-corrected chi connectivity index (χ1v) is 5.69. The lowest BCUT2D eigenvalue weighted by atomic mass is 10.2. The van der Waals surface area contributed by atoms with Gasteiger partial charge in [-0.15, -0.1) is 0 Å². The Morgan fingerprint density at radius 1 is 1.12 bits per heavy atom. The fourth-order valence-corrected chi connectivity index (χ4v) is 1.10. The molecule has 16 heavy (non-hydrogen) atoms. The summed E-state index contributed by atoms with van der Waals surface area (Å²) in [5, 5.41) is 0. The van der Waals surface area contributed by atoms with Crippen molar-refractivity contribution in [2.75, 3.05) is 13.2 Å². The van der Waals surface area contributed by atoms with Crippen molar-refractivity contribution in [1.29, 1.82) is 0 Å². The van der Waals surface area contributed by atoms with Crippen LogP contribution >= 0.6 is 0 Å². The summed E-state index contributed by atoms with van der Waals surface area (Å²) in [6.45, 7) is 14.7. The first-order chi connectivity index (χ1) is 7.77. The molecule has 1 heterocycles. The van der Waals surface area contributed by atoms with Gasteiger partial charge in [-0.05, 0) is 12.2 Å². The summed E-state index contributed by atoms with van der Waals surface area (Å²) in [5.41, 5.74) is 0. The number of rotatable bonds is 3. The molecular formula is C14H22O2. The van der Waals surface area contributed by atoms with Crippen LogP contribution in [0.4, 0.5) is 0 Å². The van der Waals surface area contributed by atoms with Gasteiger partial charge in [0.2, 0.25) is 0 Å². The van der Waals surface area contributed by atoms with Gasteiger partial charge in [-0.3, -0.25) is 0 Å².